The maximum absolute atomic E-state index is 11.7. The lowest BCUT2D eigenvalue weighted by Crippen LogP contribution is -2.42. The molecule has 1 aromatic rings. The molecular formula is C12H17N3O3S. The van der Waals surface area contributed by atoms with E-state index in [-0.39, 0.29) is 23.8 Å². The van der Waals surface area contributed by atoms with Crippen molar-refractivity contribution in [3.8, 4) is 0 Å². The fraction of sp³-hybridized carbons (Fsp3) is 0.667. The molecule has 7 heteroatoms. The van der Waals surface area contributed by atoms with Crippen LogP contribution >= 0.6 is 11.3 Å². The third-order valence-corrected chi connectivity index (χ3v) is 4.92. The number of anilines is 1. The van der Waals surface area contributed by atoms with Crippen LogP contribution in [-0.2, 0) is 0 Å². The van der Waals surface area contributed by atoms with Gasteiger partial charge in [-0.2, -0.15) is 0 Å². The van der Waals surface area contributed by atoms with E-state index in [1.165, 1.54) is 11.3 Å². The number of hydrogen-bond donors (Lipinski definition) is 4. The standard InChI is InChI=1S/C12H17N3O3S/c16-9-6-3-7(8(4-6)10(9)17)5-14-11(18)15-12-13-1-2-19-12/h1-2,6-10,16-17H,3-5H2,(H2,13,14,15,18)/t6-,7-,8-,9+,10-/m1/s1. The number of nitrogens with zero attached hydrogens (tertiary/aromatic N) is 1. The molecule has 3 rings (SSSR count). The Morgan fingerprint density at radius 1 is 1.42 bits per heavy atom. The summed E-state index contributed by atoms with van der Waals surface area (Å²) < 4.78 is 0. The van der Waals surface area contributed by atoms with Crippen LogP contribution in [0.1, 0.15) is 12.8 Å². The van der Waals surface area contributed by atoms with E-state index in [9.17, 15) is 15.0 Å². The minimum Gasteiger partial charge on any atom is -0.390 e. The average molecular weight is 283 g/mol. The molecular weight excluding hydrogens is 266 g/mol. The summed E-state index contributed by atoms with van der Waals surface area (Å²) in [5, 5.41) is 27.4. The molecule has 19 heavy (non-hydrogen) atoms. The number of nitrogens with one attached hydrogen (secondary N) is 2. The number of carbonyl (C=O) groups is 1. The lowest BCUT2D eigenvalue weighted by atomic mass is 9.85. The molecule has 1 heterocycles. The van der Waals surface area contributed by atoms with Crippen molar-refractivity contribution in [3.63, 3.8) is 0 Å². The molecule has 0 radical (unpaired) electrons. The number of aliphatic hydroxyl groups excluding tert-OH is 2. The molecule has 2 amide bonds. The van der Waals surface area contributed by atoms with E-state index in [2.05, 4.69) is 15.6 Å². The minimum absolute atomic E-state index is 0.111. The van der Waals surface area contributed by atoms with Crippen molar-refractivity contribution in [2.24, 2.45) is 17.8 Å². The molecule has 2 bridgehead atoms. The summed E-state index contributed by atoms with van der Waals surface area (Å²) in [6.45, 7) is 0.530. The van der Waals surface area contributed by atoms with Gasteiger partial charge in [0, 0.05) is 18.1 Å². The largest absolute Gasteiger partial charge is 0.390 e. The molecule has 2 saturated carbocycles. The number of fused-ring (bicyclic) bond motifs is 2. The second-order valence-corrected chi connectivity index (χ2v) is 6.20. The Balaban J connectivity index is 1.47. The highest BCUT2D eigenvalue weighted by molar-refractivity contribution is 7.13. The average Bonchev–Trinajstić information content (AvgIpc) is 3.07. The Labute approximate surface area is 114 Å². The van der Waals surface area contributed by atoms with Crippen molar-refractivity contribution in [3.05, 3.63) is 11.6 Å². The third-order valence-electron chi connectivity index (χ3n) is 4.24. The van der Waals surface area contributed by atoms with Crippen LogP contribution in [-0.4, -0.2) is 40.0 Å². The first-order valence-corrected chi connectivity index (χ1v) is 7.33. The number of amides is 2. The molecule has 2 aliphatic carbocycles. The van der Waals surface area contributed by atoms with Gasteiger partial charge in [-0.3, -0.25) is 5.32 Å². The van der Waals surface area contributed by atoms with Crippen LogP contribution in [0.5, 0.6) is 0 Å². The molecule has 2 aliphatic rings. The van der Waals surface area contributed by atoms with Gasteiger partial charge in [0.05, 0.1) is 12.2 Å². The van der Waals surface area contributed by atoms with Gasteiger partial charge in [0.1, 0.15) is 0 Å². The van der Waals surface area contributed by atoms with Crippen LogP contribution in [0, 0.1) is 17.8 Å². The second kappa shape index (κ2) is 5.07. The summed E-state index contributed by atoms with van der Waals surface area (Å²) in [5.41, 5.74) is 0. The zero-order chi connectivity index (χ0) is 13.4. The van der Waals surface area contributed by atoms with E-state index in [1.54, 1.807) is 11.6 Å². The van der Waals surface area contributed by atoms with Crippen molar-refractivity contribution in [1.82, 2.24) is 10.3 Å². The first-order valence-electron chi connectivity index (χ1n) is 6.45. The van der Waals surface area contributed by atoms with Crippen LogP contribution in [0.25, 0.3) is 0 Å². The maximum atomic E-state index is 11.7. The van der Waals surface area contributed by atoms with E-state index >= 15 is 0 Å². The molecule has 0 aromatic carbocycles. The number of carbonyl (C=O) groups excluding carboxylic acids is 1. The highest BCUT2D eigenvalue weighted by Gasteiger charge is 2.51. The monoisotopic (exact) mass is 283 g/mol. The highest BCUT2D eigenvalue weighted by atomic mass is 32.1. The lowest BCUT2D eigenvalue weighted by Gasteiger charge is -2.29. The van der Waals surface area contributed by atoms with Crippen molar-refractivity contribution in [2.75, 3.05) is 11.9 Å². The van der Waals surface area contributed by atoms with Gasteiger partial charge in [0.25, 0.3) is 0 Å². The van der Waals surface area contributed by atoms with Gasteiger partial charge in [-0.15, -0.1) is 11.3 Å². The molecule has 1 aromatic heterocycles. The van der Waals surface area contributed by atoms with Crippen LogP contribution in [0.3, 0.4) is 0 Å². The molecule has 6 nitrogen and oxygen atoms in total. The Morgan fingerprint density at radius 2 is 2.26 bits per heavy atom. The van der Waals surface area contributed by atoms with Gasteiger partial charge in [0.15, 0.2) is 5.13 Å². The van der Waals surface area contributed by atoms with Gasteiger partial charge in [-0.1, -0.05) is 0 Å². The number of thiazole rings is 1. The first-order chi connectivity index (χ1) is 9.15. The highest BCUT2D eigenvalue weighted by Crippen LogP contribution is 2.48. The molecule has 2 fully saturated rings. The van der Waals surface area contributed by atoms with Crippen molar-refractivity contribution < 1.29 is 15.0 Å². The zero-order valence-electron chi connectivity index (χ0n) is 10.3. The van der Waals surface area contributed by atoms with Gasteiger partial charge in [-0.25, -0.2) is 9.78 Å². The molecule has 5 atom stereocenters. The summed E-state index contributed by atoms with van der Waals surface area (Å²) in [6.07, 6.45) is 2.16. The predicted octanol–water partition coefficient (Wildman–Crippen LogP) is 0.642. The van der Waals surface area contributed by atoms with Crippen molar-refractivity contribution >= 4 is 22.5 Å². The van der Waals surface area contributed by atoms with Crippen LogP contribution in [0.4, 0.5) is 9.93 Å². The fourth-order valence-corrected chi connectivity index (χ4v) is 3.84. The first kappa shape index (κ1) is 12.8. The number of urea groups is 1. The Bertz CT molecular complexity index is 451. The van der Waals surface area contributed by atoms with Gasteiger partial charge >= 0.3 is 6.03 Å². The molecule has 0 unspecified atom stereocenters. The second-order valence-electron chi connectivity index (χ2n) is 5.31. The Morgan fingerprint density at radius 3 is 2.89 bits per heavy atom. The summed E-state index contributed by atoms with van der Waals surface area (Å²) in [6, 6.07) is -0.271. The molecule has 4 N–H and O–H groups in total. The number of hydrogen-bond acceptors (Lipinski definition) is 5. The van der Waals surface area contributed by atoms with E-state index < -0.39 is 12.2 Å². The van der Waals surface area contributed by atoms with Crippen molar-refractivity contribution in [1.29, 1.82) is 0 Å². The molecule has 104 valence electrons. The third kappa shape index (κ3) is 2.45. The van der Waals surface area contributed by atoms with Gasteiger partial charge in [-0.05, 0) is 30.6 Å². The predicted molar refractivity (Wildman–Crippen MR) is 70.9 cm³/mol. The maximum Gasteiger partial charge on any atom is 0.321 e. The SMILES string of the molecule is O=C(NC[C@H]1C[C@@H]2C[C@H]1[C@@H](O)[C@H]2O)Nc1nccs1. The quantitative estimate of drug-likeness (QED) is 0.655. The van der Waals surface area contributed by atoms with Crippen LogP contribution in [0.2, 0.25) is 0 Å². The van der Waals surface area contributed by atoms with E-state index in [4.69, 9.17) is 0 Å². The fourth-order valence-electron chi connectivity index (χ4n) is 3.32. The molecule has 0 aliphatic heterocycles. The Hall–Kier alpha value is -1.18. The summed E-state index contributed by atoms with van der Waals surface area (Å²) >= 11 is 1.37. The summed E-state index contributed by atoms with van der Waals surface area (Å²) in [4.78, 5) is 15.6. The Kier molecular flexibility index (Phi) is 3.42. The zero-order valence-corrected chi connectivity index (χ0v) is 11.1. The van der Waals surface area contributed by atoms with E-state index in [0.29, 0.717) is 11.7 Å². The summed E-state index contributed by atoms with van der Waals surface area (Å²) in [7, 11) is 0. The minimum atomic E-state index is -0.632. The molecule has 0 spiro atoms. The van der Waals surface area contributed by atoms with Gasteiger partial charge in [0.2, 0.25) is 0 Å². The number of aromatic nitrogens is 1. The lowest BCUT2D eigenvalue weighted by molar-refractivity contribution is -0.0330. The van der Waals surface area contributed by atoms with Crippen LogP contribution < -0.4 is 10.6 Å². The van der Waals surface area contributed by atoms with Gasteiger partial charge < -0.3 is 15.5 Å². The normalized spacial score (nSPS) is 36.4. The smallest absolute Gasteiger partial charge is 0.321 e. The number of rotatable bonds is 3. The van der Waals surface area contributed by atoms with Crippen LogP contribution in [0.15, 0.2) is 11.6 Å². The summed E-state index contributed by atoms with van der Waals surface area (Å²) in [5.74, 6) is 0.555. The van der Waals surface area contributed by atoms with Crippen molar-refractivity contribution in [2.45, 2.75) is 25.0 Å². The van der Waals surface area contributed by atoms with E-state index in [1.807, 2.05) is 0 Å². The topological polar surface area (TPSA) is 94.5 Å². The van der Waals surface area contributed by atoms with E-state index in [0.717, 1.165) is 12.8 Å². The molecule has 0 saturated heterocycles. The number of aliphatic hydroxyl groups is 2.